The minimum absolute atomic E-state index is 0.280. The Bertz CT molecular complexity index is 832. The zero-order chi connectivity index (χ0) is 20.0. The van der Waals surface area contributed by atoms with E-state index in [2.05, 4.69) is 5.32 Å². The van der Waals surface area contributed by atoms with Gasteiger partial charge in [-0.1, -0.05) is 42.5 Å². The van der Waals surface area contributed by atoms with Crippen molar-refractivity contribution in [2.45, 2.75) is 32.3 Å². The molecule has 0 bridgehead atoms. The first kappa shape index (κ1) is 19.7. The predicted molar refractivity (Wildman–Crippen MR) is 104 cm³/mol. The van der Waals surface area contributed by atoms with Crippen LogP contribution < -0.4 is 14.8 Å². The first-order chi connectivity index (χ1) is 13.4. The van der Waals surface area contributed by atoms with Gasteiger partial charge >= 0.3 is 5.97 Å². The third-order valence-electron chi connectivity index (χ3n) is 4.34. The largest absolute Gasteiger partial charge is 0.483 e. The number of para-hydroxylation sites is 1. The number of esters is 1. The summed E-state index contributed by atoms with van der Waals surface area (Å²) in [6.07, 6.45) is 1.51. The van der Waals surface area contributed by atoms with Gasteiger partial charge in [0.2, 0.25) is 0 Å². The molecule has 1 amide bonds. The highest BCUT2D eigenvalue weighted by atomic mass is 16.6. The SMILES string of the molecule is CC1(C)Cc2cccc(OCC(=O)OCC(=O)NCCc3ccccc3)c2O1. The Morgan fingerprint density at radius 3 is 2.64 bits per heavy atom. The number of ether oxygens (including phenoxy) is 3. The molecule has 28 heavy (non-hydrogen) atoms. The van der Waals surface area contributed by atoms with Crippen LogP contribution in [0.5, 0.6) is 11.5 Å². The van der Waals surface area contributed by atoms with E-state index >= 15 is 0 Å². The number of benzene rings is 2. The number of hydrogen-bond acceptors (Lipinski definition) is 5. The number of hydrogen-bond donors (Lipinski definition) is 1. The highest BCUT2D eigenvalue weighted by Gasteiger charge is 2.32. The van der Waals surface area contributed by atoms with Gasteiger partial charge in [0.05, 0.1) is 0 Å². The first-order valence-corrected chi connectivity index (χ1v) is 9.33. The summed E-state index contributed by atoms with van der Waals surface area (Å²) >= 11 is 0. The summed E-state index contributed by atoms with van der Waals surface area (Å²) in [6, 6.07) is 15.4. The molecule has 3 rings (SSSR count). The summed E-state index contributed by atoms with van der Waals surface area (Å²) in [5.74, 6) is 0.231. The van der Waals surface area contributed by atoms with Gasteiger partial charge in [-0.05, 0) is 31.9 Å². The van der Waals surface area contributed by atoms with Crippen molar-refractivity contribution in [1.82, 2.24) is 5.32 Å². The molecule has 0 radical (unpaired) electrons. The van der Waals surface area contributed by atoms with Gasteiger partial charge in [-0.3, -0.25) is 4.79 Å². The van der Waals surface area contributed by atoms with Gasteiger partial charge in [0.15, 0.2) is 24.7 Å². The number of fused-ring (bicyclic) bond motifs is 1. The molecule has 2 aromatic rings. The predicted octanol–water partition coefficient (Wildman–Crippen LogP) is 2.68. The smallest absolute Gasteiger partial charge is 0.344 e. The molecule has 0 aliphatic carbocycles. The molecule has 0 saturated carbocycles. The first-order valence-electron chi connectivity index (χ1n) is 9.33. The van der Waals surface area contributed by atoms with E-state index in [1.807, 2.05) is 56.3 Å². The Hall–Kier alpha value is -3.02. The molecule has 0 spiro atoms. The number of rotatable bonds is 8. The van der Waals surface area contributed by atoms with Crippen molar-refractivity contribution in [1.29, 1.82) is 0 Å². The Morgan fingerprint density at radius 2 is 1.86 bits per heavy atom. The van der Waals surface area contributed by atoms with Crippen molar-refractivity contribution in [3.8, 4) is 11.5 Å². The molecular weight excluding hydrogens is 358 g/mol. The van der Waals surface area contributed by atoms with Gasteiger partial charge in [0.1, 0.15) is 5.60 Å². The molecule has 0 atom stereocenters. The zero-order valence-electron chi connectivity index (χ0n) is 16.2. The molecular formula is C22H25NO5. The summed E-state index contributed by atoms with van der Waals surface area (Å²) in [5.41, 5.74) is 1.89. The topological polar surface area (TPSA) is 73.9 Å². The maximum Gasteiger partial charge on any atom is 0.344 e. The van der Waals surface area contributed by atoms with Crippen LogP contribution in [-0.2, 0) is 27.2 Å². The third kappa shape index (κ3) is 5.49. The molecule has 1 N–H and O–H groups in total. The lowest BCUT2D eigenvalue weighted by atomic mass is 10.0. The minimum atomic E-state index is -0.604. The average Bonchev–Trinajstić information content (AvgIpc) is 3.00. The average molecular weight is 383 g/mol. The van der Waals surface area contributed by atoms with Gasteiger partial charge in [-0.2, -0.15) is 0 Å². The Labute approximate surface area is 164 Å². The Morgan fingerprint density at radius 1 is 1.07 bits per heavy atom. The molecule has 1 aliphatic rings. The van der Waals surface area contributed by atoms with Crippen molar-refractivity contribution >= 4 is 11.9 Å². The van der Waals surface area contributed by atoms with Crippen molar-refractivity contribution in [3.05, 3.63) is 59.7 Å². The van der Waals surface area contributed by atoms with Crippen molar-refractivity contribution < 1.29 is 23.8 Å². The minimum Gasteiger partial charge on any atom is -0.483 e. The molecule has 1 aliphatic heterocycles. The van der Waals surface area contributed by atoms with E-state index in [4.69, 9.17) is 14.2 Å². The Kier molecular flexibility index (Phi) is 6.19. The molecule has 0 aromatic heterocycles. The van der Waals surface area contributed by atoms with Crippen LogP contribution in [0.25, 0.3) is 0 Å². The highest BCUT2D eigenvalue weighted by Crippen LogP contribution is 2.41. The second kappa shape index (κ2) is 8.78. The van der Waals surface area contributed by atoms with Crippen LogP contribution in [0.1, 0.15) is 25.0 Å². The zero-order valence-corrected chi connectivity index (χ0v) is 16.2. The highest BCUT2D eigenvalue weighted by molar-refractivity contribution is 5.80. The maximum absolute atomic E-state index is 11.9. The molecule has 0 fully saturated rings. The molecule has 2 aromatic carbocycles. The molecule has 1 heterocycles. The fraction of sp³-hybridized carbons (Fsp3) is 0.364. The van der Waals surface area contributed by atoms with Gasteiger partial charge in [-0.15, -0.1) is 0 Å². The second-order valence-electron chi connectivity index (χ2n) is 7.32. The summed E-state index contributed by atoms with van der Waals surface area (Å²) in [5, 5.41) is 2.73. The normalized spacial score (nSPS) is 13.9. The maximum atomic E-state index is 11.9. The number of amides is 1. The molecule has 6 heteroatoms. The van der Waals surface area contributed by atoms with Crippen molar-refractivity contribution in [2.24, 2.45) is 0 Å². The molecule has 0 saturated heterocycles. The van der Waals surface area contributed by atoms with E-state index in [0.29, 0.717) is 18.0 Å². The van der Waals surface area contributed by atoms with E-state index in [0.717, 1.165) is 24.0 Å². The van der Waals surface area contributed by atoms with Crippen LogP contribution >= 0.6 is 0 Å². The third-order valence-corrected chi connectivity index (χ3v) is 4.34. The van der Waals surface area contributed by atoms with E-state index in [-0.39, 0.29) is 24.7 Å². The van der Waals surface area contributed by atoms with Gasteiger partial charge < -0.3 is 19.5 Å². The quantitative estimate of drug-likeness (QED) is 0.710. The van der Waals surface area contributed by atoms with Gasteiger partial charge in [-0.25, -0.2) is 4.79 Å². The second-order valence-corrected chi connectivity index (χ2v) is 7.32. The number of carbonyl (C=O) groups is 2. The molecule has 6 nitrogen and oxygen atoms in total. The number of carbonyl (C=O) groups excluding carboxylic acids is 2. The van der Waals surface area contributed by atoms with Crippen LogP contribution in [0.4, 0.5) is 0 Å². The van der Waals surface area contributed by atoms with E-state index < -0.39 is 5.97 Å². The lowest BCUT2D eigenvalue weighted by Gasteiger charge is -2.18. The summed E-state index contributed by atoms with van der Waals surface area (Å²) in [6.45, 7) is 3.88. The lowest BCUT2D eigenvalue weighted by molar-refractivity contribution is -0.150. The van der Waals surface area contributed by atoms with Crippen LogP contribution in [0, 0.1) is 0 Å². The molecule has 148 valence electrons. The fourth-order valence-electron chi connectivity index (χ4n) is 3.07. The lowest BCUT2D eigenvalue weighted by Crippen LogP contribution is -2.31. The van der Waals surface area contributed by atoms with Gasteiger partial charge in [0, 0.05) is 18.5 Å². The van der Waals surface area contributed by atoms with Gasteiger partial charge in [0.25, 0.3) is 5.91 Å². The van der Waals surface area contributed by atoms with Crippen LogP contribution in [0.2, 0.25) is 0 Å². The van der Waals surface area contributed by atoms with E-state index in [9.17, 15) is 9.59 Å². The van der Waals surface area contributed by atoms with Crippen LogP contribution in [0.3, 0.4) is 0 Å². The summed E-state index contributed by atoms with van der Waals surface area (Å²) < 4.78 is 16.4. The summed E-state index contributed by atoms with van der Waals surface area (Å²) in [7, 11) is 0. The fourth-order valence-corrected chi connectivity index (χ4v) is 3.07. The van der Waals surface area contributed by atoms with E-state index in [1.54, 1.807) is 6.07 Å². The van der Waals surface area contributed by atoms with E-state index in [1.165, 1.54) is 0 Å². The standard InChI is InChI=1S/C22H25NO5/c1-22(2)13-17-9-6-10-18(21(17)28-22)26-15-20(25)27-14-19(24)23-12-11-16-7-4-3-5-8-16/h3-10H,11-15H2,1-2H3,(H,23,24). The monoisotopic (exact) mass is 383 g/mol. The van der Waals surface area contributed by atoms with Crippen LogP contribution in [-0.4, -0.2) is 37.2 Å². The number of nitrogens with one attached hydrogen (secondary N) is 1. The van der Waals surface area contributed by atoms with Crippen molar-refractivity contribution in [2.75, 3.05) is 19.8 Å². The summed E-state index contributed by atoms with van der Waals surface area (Å²) in [4.78, 5) is 23.7. The Balaban J connectivity index is 1.37. The van der Waals surface area contributed by atoms with Crippen molar-refractivity contribution in [3.63, 3.8) is 0 Å². The molecule has 0 unspecified atom stereocenters. The van der Waals surface area contributed by atoms with Crippen LogP contribution in [0.15, 0.2) is 48.5 Å².